The standard InChI is InChI=1S/C13H12F2N2/c1-9-2-13(8-16-6-9)17-7-10-3-11(14)5-12(15)4-10/h2-6,8,17H,7H2,1H3. The van der Waals surface area contributed by atoms with Crippen LogP contribution in [0.15, 0.2) is 36.7 Å². The second-order valence-corrected chi connectivity index (χ2v) is 3.88. The molecule has 17 heavy (non-hydrogen) atoms. The van der Waals surface area contributed by atoms with Crippen LogP contribution < -0.4 is 5.32 Å². The zero-order chi connectivity index (χ0) is 12.3. The number of anilines is 1. The van der Waals surface area contributed by atoms with Crippen molar-refractivity contribution in [3.8, 4) is 0 Å². The minimum atomic E-state index is -0.566. The fraction of sp³-hybridized carbons (Fsp3) is 0.154. The van der Waals surface area contributed by atoms with Gasteiger partial charge in [0.25, 0.3) is 0 Å². The first-order valence-electron chi connectivity index (χ1n) is 5.24. The maximum absolute atomic E-state index is 12.9. The molecule has 1 N–H and O–H groups in total. The van der Waals surface area contributed by atoms with E-state index in [2.05, 4.69) is 10.3 Å². The molecular formula is C13H12F2N2. The Kier molecular flexibility index (Phi) is 3.32. The SMILES string of the molecule is Cc1cncc(NCc2cc(F)cc(F)c2)c1. The second-order valence-electron chi connectivity index (χ2n) is 3.88. The zero-order valence-electron chi connectivity index (χ0n) is 9.37. The van der Waals surface area contributed by atoms with Crippen molar-refractivity contribution in [3.63, 3.8) is 0 Å². The summed E-state index contributed by atoms with van der Waals surface area (Å²) in [5, 5.41) is 3.06. The maximum atomic E-state index is 12.9. The summed E-state index contributed by atoms with van der Waals surface area (Å²) in [7, 11) is 0. The lowest BCUT2D eigenvalue weighted by atomic mass is 10.2. The summed E-state index contributed by atoms with van der Waals surface area (Å²) >= 11 is 0. The number of hydrogen-bond acceptors (Lipinski definition) is 2. The van der Waals surface area contributed by atoms with Gasteiger partial charge in [-0.3, -0.25) is 4.98 Å². The summed E-state index contributed by atoms with van der Waals surface area (Å²) < 4.78 is 25.9. The molecule has 0 atom stereocenters. The van der Waals surface area contributed by atoms with Crippen LogP contribution in [0.4, 0.5) is 14.5 Å². The van der Waals surface area contributed by atoms with Gasteiger partial charge in [-0.15, -0.1) is 0 Å². The Morgan fingerprint density at radius 1 is 1.06 bits per heavy atom. The fourth-order valence-corrected chi connectivity index (χ4v) is 1.57. The molecule has 1 heterocycles. The summed E-state index contributed by atoms with van der Waals surface area (Å²) in [5.41, 5.74) is 2.42. The molecular weight excluding hydrogens is 222 g/mol. The third-order valence-electron chi connectivity index (χ3n) is 2.29. The smallest absolute Gasteiger partial charge is 0.126 e. The van der Waals surface area contributed by atoms with E-state index >= 15 is 0 Å². The van der Waals surface area contributed by atoms with Crippen LogP contribution >= 0.6 is 0 Å². The van der Waals surface area contributed by atoms with Gasteiger partial charge in [-0.05, 0) is 36.2 Å². The number of benzene rings is 1. The molecule has 1 aromatic carbocycles. The average molecular weight is 234 g/mol. The number of aromatic nitrogens is 1. The van der Waals surface area contributed by atoms with Crippen molar-refractivity contribution in [2.45, 2.75) is 13.5 Å². The van der Waals surface area contributed by atoms with E-state index in [-0.39, 0.29) is 0 Å². The van der Waals surface area contributed by atoms with Crippen molar-refractivity contribution in [2.24, 2.45) is 0 Å². The van der Waals surface area contributed by atoms with Crippen LogP contribution in [0.3, 0.4) is 0 Å². The third-order valence-corrected chi connectivity index (χ3v) is 2.29. The van der Waals surface area contributed by atoms with Gasteiger partial charge in [-0.1, -0.05) is 0 Å². The first kappa shape index (κ1) is 11.5. The Bertz CT molecular complexity index is 506. The summed E-state index contributed by atoms with van der Waals surface area (Å²) in [6.45, 7) is 2.29. The molecule has 0 unspecified atom stereocenters. The quantitative estimate of drug-likeness (QED) is 0.881. The van der Waals surface area contributed by atoms with Gasteiger partial charge in [0.1, 0.15) is 11.6 Å². The lowest BCUT2D eigenvalue weighted by molar-refractivity contribution is 0.580. The minimum Gasteiger partial charge on any atom is -0.380 e. The summed E-state index contributed by atoms with van der Waals surface area (Å²) in [5.74, 6) is -1.13. The lowest BCUT2D eigenvalue weighted by Gasteiger charge is -2.07. The summed E-state index contributed by atoms with van der Waals surface area (Å²) in [4.78, 5) is 4.02. The molecule has 4 heteroatoms. The van der Waals surface area contributed by atoms with E-state index in [4.69, 9.17) is 0 Å². The van der Waals surface area contributed by atoms with Crippen molar-refractivity contribution in [1.82, 2.24) is 4.98 Å². The maximum Gasteiger partial charge on any atom is 0.126 e. The molecule has 0 radical (unpaired) electrons. The van der Waals surface area contributed by atoms with E-state index < -0.39 is 11.6 Å². The number of halogens is 2. The van der Waals surface area contributed by atoms with Gasteiger partial charge < -0.3 is 5.32 Å². The predicted octanol–water partition coefficient (Wildman–Crippen LogP) is 3.28. The van der Waals surface area contributed by atoms with Crippen molar-refractivity contribution >= 4 is 5.69 Å². The van der Waals surface area contributed by atoms with E-state index in [1.165, 1.54) is 12.1 Å². The molecule has 2 rings (SSSR count). The topological polar surface area (TPSA) is 24.9 Å². The van der Waals surface area contributed by atoms with E-state index in [0.29, 0.717) is 12.1 Å². The van der Waals surface area contributed by atoms with Gasteiger partial charge in [0.2, 0.25) is 0 Å². The zero-order valence-corrected chi connectivity index (χ0v) is 9.37. The number of nitrogens with one attached hydrogen (secondary N) is 1. The summed E-state index contributed by atoms with van der Waals surface area (Å²) in [6, 6.07) is 5.39. The van der Waals surface area contributed by atoms with Gasteiger partial charge >= 0.3 is 0 Å². The highest BCUT2D eigenvalue weighted by Crippen LogP contribution is 2.12. The normalized spacial score (nSPS) is 10.3. The lowest BCUT2D eigenvalue weighted by Crippen LogP contribution is -2.01. The number of hydrogen-bond donors (Lipinski definition) is 1. The highest BCUT2D eigenvalue weighted by atomic mass is 19.1. The molecule has 1 aromatic heterocycles. The Morgan fingerprint density at radius 3 is 2.41 bits per heavy atom. The van der Waals surface area contributed by atoms with Crippen LogP contribution in [-0.2, 0) is 6.54 Å². The Hall–Kier alpha value is -1.97. The Labute approximate surface area is 98.3 Å². The molecule has 0 aliphatic heterocycles. The van der Waals surface area contributed by atoms with Gasteiger partial charge in [0.05, 0.1) is 5.69 Å². The number of aryl methyl sites for hydroxylation is 1. The monoisotopic (exact) mass is 234 g/mol. The number of pyridine rings is 1. The third kappa shape index (κ3) is 3.24. The number of nitrogens with zero attached hydrogens (tertiary/aromatic N) is 1. The Balaban J connectivity index is 2.07. The molecule has 0 saturated heterocycles. The van der Waals surface area contributed by atoms with Crippen LogP contribution in [0.2, 0.25) is 0 Å². The summed E-state index contributed by atoms with van der Waals surface area (Å²) in [6.07, 6.45) is 3.41. The van der Waals surface area contributed by atoms with Crippen molar-refractivity contribution < 1.29 is 8.78 Å². The molecule has 0 fully saturated rings. The number of rotatable bonds is 3. The molecule has 2 aromatic rings. The molecule has 0 amide bonds. The van der Waals surface area contributed by atoms with E-state index in [9.17, 15) is 8.78 Å². The highest BCUT2D eigenvalue weighted by molar-refractivity contribution is 5.43. The van der Waals surface area contributed by atoms with Crippen LogP contribution in [0.5, 0.6) is 0 Å². The molecule has 0 spiro atoms. The van der Waals surface area contributed by atoms with E-state index in [0.717, 1.165) is 17.3 Å². The van der Waals surface area contributed by atoms with E-state index in [1.54, 1.807) is 12.4 Å². The second kappa shape index (κ2) is 4.91. The van der Waals surface area contributed by atoms with Crippen molar-refractivity contribution in [1.29, 1.82) is 0 Å². The fourth-order valence-electron chi connectivity index (χ4n) is 1.57. The average Bonchev–Trinajstić information content (AvgIpc) is 2.25. The highest BCUT2D eigenvalue weighted by Gasteiger charge is 2.00. The largest absolute Gasteiger partial charge is 0.380 e. The van der Waals surface area contributed by atoms with Gasteiger partial charge in [0.15, 0.2) is 0 Å². The molecule has 0 saturated carbocycles. The molecule has 0 bridgehead atoms. The minimum absolute atomic E-state index is 0.361. The van der Waals surface area contributed by atoms with Crippen LogP contribution in [0.25, 0.3) is 0 Å². The van der Waals surface area contributed by atoms with Crippen molar-refractivity contribution in [3.05, 3.63) is 59.4 Å². The van der Waals surface area contributed by atoms with Gasteiger partial charge in [0, 0.05) is 25.0 Å². The molecule has 2 nitrogen and oxygen atoms in total. The van der Waals surface area contributed by atoms with Crippen LogP contribution in [0.1, 0.15) is 11.1 Å². The van der Waals surface area contributed by atoms with Gasteiger partial charge in [-0.2, -0.15) is 0 Å². The van der Waals surface area contributed by atoms with Gasteiger partial charge in [-0.25, -0.2) is 8.78 Å². The first-order chi connectivity index (χ1) is 8.13. The van der Waals surface area contributed by atoms with E-state index in [1.807, 2.05) is 13.0 Å². The Morgan fingerprint density at radius 2 is 1.76 bits per heavy atom. The van der Waals surface area contributed by atoms with Crippen LogP contribution in [-0.4, -0.2) is 4.98 Å². The first-order valence-corrected chi connectivity index (χ1v) is 5.24. The molecule has 0 aliphatic carbocycles. The molecule has 0 aliphatic rings. The van der Waals surface area contributed by atoms with Crippen LogP contribution in [0, 0.1) is 18.6 Å². The molecule has 88 valence electrons. The van der Waals surface area contributed by atoms with Crippen molar-refractivity contribution in [2.75, 3.05) is 5.32 Å². The predicted molar refractivity (Wildman–Crippen MR) is 62.7 cm³/mol.